The fraction of sp³-hybridized carbons (Fsp3) is 0.553. The van der Waals surface area contributed by atoms with Gasteiger partial charge in [-0.15, -0.1) is 0 Å². The molecule has 1 heterocycles. The number of Topliss-reactive ketones (excluding diaryl/α,β-unsaturated/α-hetero) is 1. The number of urea groups is 1. The molecule has 10 nitrogen and oxygen atoms in total. The first-order valence-corrected chi connectivity index (χ1v) is 19.2. The average molecular weight is 824 g/mol. The number of alkyl halides is 2. The number of halogens is 2. The Bertz CT molecular complexity index is 1470. The lowest BCUT2D eigenvalue weighted by atomic mass is 9.85. The summed E-state index contributed by atoms with van der Waals surface area (Å²) in [5.74, 6) is -3.51. The van der Waals surface area contributed by atoms with Crippen LogP contribution in [0.15, 0.2) is 54.6 Å². The third-order valence-corrected chi connectivity index (χ3v) is 10.2. The van der Waals surface area contributed by atoms with Crippen molar-refractivity contribution in [1.82, 2.24) is 9.80 Å². The normalized spacial score (nSPS) is 16.7. The van der Waals surface area contributed by atoms with E-state index in [1.807, 2.05) is 28.7 Å². The summed E-state index contributed by atoms with van der Waals surface area (Å²) in [6, 6.07) is 14.0. The minimum absolute atomic E-state index is 0.0724. The third kappa shape index (κ3) is 10.5. The molecule has 0 saturated carbocycles. The molecule has 0 aromatic heterocycles. The maximum Gasteiger partial charge on any atom is 0.338 e. The lowest BCUT2D eigenvalue weighted by molar-refractivity contribution is -0.151. The minimum Gasteiger partial charge on any atom is -0.462 e. The van der Waals surface area contributed by atoms with Crippen molar-refractivity contribution < 1.29 is 33.4 Å². The highest BCUT2D eigenvalue weighted by molar-refractivity contribution is 14.1. The number of nitrogens with zero attached hydrogens (tertiary/aromatic N) is 2. The average Bonchev–Trinajstić information content (AvgIpc) is 3.34. The summed E-state index contributed by atoms with van der Waals surface area (Å²) in [6.07, 6.45) is 10.2. The van der Waals surface area contributed by atoms with E-state index in [-0.39, 0.29) is 24.5 Å². The van der Waals surface area contributed by atoms with Crippen LogP contribution in [0.5, 0.6) is 0 Å². The molecule has 1 saturated heterocycles. The van der Waals surface area contributed by atoms with Crippen molar-refractivity contribution >= 4 is 69.5 Å². The van der Waals surface area contributed by atoms with E-state index in [9.17, 15) is 24.0 Å². The summed E-state index contributed by atoms with van der Waals surface area (Å²) in [5, 5.41) is 2.58. The van der Waals surface area contributed by atoms with Gasteiger partial charge in [-0.1, -0.05) is 156 Å². The van der Waals surface area contributed by atoms with E-state index < -0.39 is 50.3 Å². The maximum absolute atomic E-state index is 14.1. The molecule has 1 N–H and O–H groups in total. The van der Waals surface area contributed by atoms with Gasteiger partial charge in [-0.05, 0) is 37.1 Å². The molecule has 0 aliphatic carbocycles. The molecule has 3 unspecified atom stereocenters. The molecule has 0 radical (unpaired) electrons. The van der Waals surface area contributed by atoms with Crippen LogP contribution in [0, 0.1) is 5.41 Å². The van der Waals surface area contributed by atoms with Crippen molar-refractivity contribution in [1.29, 1.82) is 0 Å². The van der Waals surface area contributed by atoms with Gasteiger partial charge in [0.2, 0.25) is 6.23 Å². The van der Waals surface area contributed by atoms with Crippen LogP contribution in [-0.2, 0) is 23.9 Å². The number of anilines is 1. The van der Waals surface area contributed by atoms with Crippen LogP contribution < -0.4 is 5.32 Å². The van der Waals surface area contributed by atoms with Crippen LogP contribution >= 0.6 is 34.2 Å². The van der Waals surface area contributed by atoms with Gasteiger partial charge in [0.05, 0.1) is 12.2 Å². The van der Waals surface area contributed by atoms with Crippen LogP contribution in [0.3, 0.4) is 0 Å². The highest BCUT2D eigenvalue weighted by Gasteiger charge is 2.64. The Balaban J connectivity index is 1.74. The van der Waals surface area contributed by atoms with Gasteiger partial charge in [-0.3, -0.25) is 19.3 Å². The molecule has 50 heavy (non-hydrogen) atoms. The number of imide groups is 1. The van der Waals surface area contributed by atoms with E-state index in [1.54, 1.807) is 64.1 Å². The second kappa shape index (κ2) is 19.5. The summed E-state index contributed by atoms with van der Waals surface area (Å²) in [7, 11) is 0. The van der Waals surface area contributed by atoms with Gasteiger partial charge < -0.3 is 14.8 Å². The minimum atomic E-state index is -2.78. The molecule has 0 bridgehead atoms. The molecule has 274 valence electrons. The van der Waals surface area contributed by atoms with E-state index in [0.29, 0.717) is 10.5 Å². The number of unbranched alkanes of at least 4 members (excludes halogenated alkanes) is 9. The highest BCUT2D eigenvalue weighted by atomic mass is 127. The molecule has 3 rings (SSSR count). The van der Waals surface area contributed by atoms with E-state index in [0.717, 1.165) is 19.3 Å². The molecule has 1 aliphatic rings. The largest absolute Gasteiger partial charge is 0.462 e. The molecule has 2 aromatic carbocycles. The number of nitrogens with one attached hydrogen (secondary N) is 1. The van der Waals surface area contributed by atoms with E-state index >= 15 is 0 Å². The van der Waals surface area contributed by atoms with Crippen LogP contribution in [-0.4, -0.2) is 63.8 Å². The van der Waals surface area contributed by atoms with Gasteiger partial charge in [-0.2, -0.15) is 0 Å². The number of benzene rings is 2. The van der Waals surface area contributed by atoms with Gasteiger partial charge in [0.25, 0.3) is 16.8 Å². The Labute approximate surface area is 315 Å². The molecule has 4 amide bonds. The van der Waals surface area contributed by atoms with Crippen molar-refractivity contribution in [2.75, 3.05) is 18.5 Å². The number of hydrogen-bond donors (Lipinski definition) is 1. The predicted octanol–water partition coefficient (Wildman–Crippen LogP) is 9.01. The summed E-state index contributed by atoms with van der Waals surface area (Å²) in [4.78, 5) is 67.9. The topological polar surface area (TPSA) is 122 Å². The number of rotatable bonds is 20. The summed E-state index contributed by atoms with van der Waals surface area (Å²) in [5.41, 5.74) is -0.242. The Morgan fingerprint density at radius 1 is 0.880 bits per heavy atom. The van der Waals surface area contributed by atoms with E-state index in [1.165, 1.54) is 62.0 Å². The van der Waals surface area contributed by atoms with Gasteiger partial charge >= 0.3 is 12.0 Å². The first-order valence-electron chi connectivity index (χ1n) is 17.6. The number of carbonyl (C=O) groups is 5. The first-order chi connectivity index (χ1) is 23.8. The van der Waals surface area contributed by atoms with Crippen LogP contribution in [0.2, 0.25) is 0 Å². The molecule has 3 atom stereocenters. The molecule has 0 spiro atoms. The Kier molecular flexibility index (Phi) is 16.2. The van der Waals surface area contributed by atoms with Crippen LogP contribution in [0.1, 0.15) is 119 Å². The second-order valence-corrected chi connectivity index (χ2v) is 15.2. The quantitative estimate of drug-likeness (QED) is 0.0269. The fourth-order valence-electron chi connectivity index (χ4n) is 5.70. The predicted molar refractivity (Wildman–Crippen MR) is 203 cm³/mol. The van der Waals surface area contributed by atoms with Gasteiger partial charge in [0.1, 0.15) is 4.05 Å². The number of hydrogen-bond acceptors (Lipinski definition) is 7. The van der Waals surface area contributed by atoms with E-state index in [4.69, 9.17) is 21.1 Å². The zero-order valence-electron chi connectivity index (χ0n) is 29.8. The van der Waals surface area contributed by atoms with Crippen molar-refractivity contribution in [3.8, 4) is 0 Å². The van der Waals surface area contributed by atoms with Crippen molar-refractivity contribution in [3.63, 3.8) is 0 Å². The Morgan fingerprint density at radius 2 is 1.48 bits per heavy atom. The molecule has 1 aliphatic heterocycles. The maximum atomic E-state index is 14.1. The number of carbonyl (C=O) groups excluding carboxylic acids is 5. The van der Waals surface area contributed by atoms with Gasteiger partial charge in [0.15, 0.2) is 5.78 Å². The summed E-state index contributed by atoms with van der Waals surface area (Å²) in [6.45, 7) is 8.85. The molecule has 12 heteroatoms. The van der Waals surface area contributed by atoms with E-state index in [2.05, 4.69) is 12.2 Å². The summed E-state index contributed by atoms with van der Waals surface area (Å²) >= 11 is 8.96. The van der Waals surface area contributed by atoms with Crippen LogP contribution in [0.4, 0.5) is 10.5 Å². The van der Waals surface area contributed by atoms with Gasteiger partial charge in [0, 0.05) is 17.7 Å². The zero-order chi connectivity index (χ0) is 36.9. The first kappa shape index (κ1) is 41.4. The second-order valence-electron chi connectivity index (χ2n) is 13.5. The number of esters is 1. The van der Waals surface area contributed by atoms with Gasteiger partial charge in [-0.25, -0.2) is 14.5 Å². The lowest BCUT2D eigenvalue weighted by Crippen LogP contribution is -2.63. The van der Waals surface area contributed by atoms with Crippen LogP contribution in [0.25, 0.3) is 0 Å². The monoisotopic (exact) mass is 823 g/mol. The highest BCUT2D eigenvalue weighted by Crippen LogP contribution is 2.42. The van der Waals surface area contributed by atoms with Crippen molar-refractivity contribution in [3.05, 3.63) is 65.7 Å². The standard InChI is InChI=1S/C38H51ClIN3O7/c1-6-8-9-10-11-12-13-14-15-19-25-50-33(45)28-23-20-24-29(26-28)41-35(47)38(39,34(46)37(3,4)5)43-31(44)32(49-7-2)42(36(43)48)30(40)27-21-17-16-18-22-27/h16-18,20-24,26,30,32H,6-15,19,25H2,1-5H3,(H,41,47). The zero-order valence-corrected chi connectivity index (χ0v) is 32.8. The van der Waals surface area contributed by atoms with Crippen molar-refractivity contribution in [2.45, 2.75) is 114 Å². The number of ketones is 1. The molecule has 2 aromatic rings. The number of amides is 4. The Hall–Kier alpha value is -3.03. The SMILES string of the molecule is CCCCCCCCCCCCOC(=O)c1cccc(NC(=O)C(Cl)(C(=O)C(C)(C)C)N2C(=O)C(OCC)N(C(I)c3ccccc3)C2=O)c1. The number of ether oxygens (including phenoxy) is 2. The van der Waals surface area contributed by atoms with Crippen molar-refractivity contribution in [2.24, 2.45) is 5.41 Å². The lowest BCUT2D eigenvalue weighted by Gasteiger charge is -2.36. The Morgan fingerprint density at radius 3 is 2.06 bits per heavy atom. The summed E-state index contributed by atoms with van der Waals surface area (Å²) < 4.78 is 10.5. The molecular formula is C38H51ClIN3O7. The fourth-order valence-corrected chi connectivity index (χ4v) is 7.13. The smallest absolute Gasteiger partial charge is 0.338 e. The molecular weight excluding hydrogens is 773 g/mol. The molecule has 1 fully saturated rings. The third-order valence-electron chi connectivity index (χ3n) is 8.42.